The summed E-state index contributed by atoms with van der Waals surface area (Å²) in [5.74, 6) is -6.23. The third-order valence-electron chi connectivity index (χ3n) is 4.71. The fraction of sp³-hybridized carbons (Fsp3) is 0.700. The second-order valence-electron chi connectivity index (χ2n) is 8.29. The van der Waals surface area contributed by atoms with Gasteiger partial charge in [-0.2, -0.15) is 0 Å². The summed E-state index contributed by atoms with van der Waals surface area (Å²) < 4.78 is 0. The van der Waals surface area contributed by atoms with Crippen molar-refractivity contribution in [1.29, 1.82) is 0 Å². The summed E-state index contributed by atoms with van der Waals surface area (Å²) in [4.78, 5) is 71.6. The van der Waals surface area contributed by atoms with Gasteiger partial charge in [0.2, 0.25) is 23.6 Å². The zero-order chi connectivity index (χ0) is 25.9. The molecule has 0 aromatic heterocycles. The van der Waals surface area contributed by atoms with Crippen LogP contribution in [0, 0.1) is 11.8 Å². The first kappa shape index (κ1) is 29.8. The molecule has 8 N–H and O–H groups in total. The van der Waals surface area contributed by atoms with Crippen molar-refractivity contribution in [2.75, 3.05) is 6.54 Å². The van der Waals surface area contributed by atoms with E-state index in [1.54, 1.807) is 27.7 Å². The van der Waals surface area contributed by atoms with Gasteiger partial charge in [0.15, 0.2) is 0 Å². The molecule has 0 aromatic carbocycles. The number of carbonyl (C=O) groups is 6. The van der Waals surface area contributed by atoms with Gasteiger partial charge in [-0.05, 0) is 25.2 Å². The Balaban J connectivity index is 5.50. The molecule has 4 amide bonds. The van der Waals surface area contributed by atoms with Crippen LogP contribution in [0.1, 0.15) is 47.5 Å². The number of rotatable bonds is 14. The predicted octanol–water partition coefficient (Wildman–Crippen LogP) is -1.83. The monoisotopic (exact) mass is 473 g/mol. The van der Waals surface area contributed by atoms with Crippen molar-refractivity contribution in [2.24, 2.45) is 17.6 Å². The minimum Gasteiger partial charge on any atom is -0.481 e. The van der Waals surface area contributed by atoms with Gasteiger partial charge in [0.1, 0.15) is 24.2 Å². The van der Waals surface area contributed by atoms with Gasteiger partial charge < -0.3 is 37.2 Å². The molecule has 33 heavy (non-hydrogen) atoms. The first-order valence-corrected chi connectivity index (χ1v) is 10.6. The Morgan fingerprint density at radius 1 is 0.727 bits per heavy atom. The van der Waals surface area contributed by atoms with E-state index in [1.807, 2.05) is 0 Å². The minimum absolute atomic E-state index is 0.293. The SMILES string of the molecule is CC(C)[C@H](NC(=O)[C@H](CCC(=O)O)NC(=O)[C@@H](NC(=O)[C@H](C)NC(=O)CN)C(C)C)C(=O)O. The van der Waals surface area contributed by atoms with Crippen LogP contribution >= 0.6 is 0 Å². The standard InChI is InChI=1S/C20H35N5O8/c1-9(2)15(24-17(29)11(5)22-13(26)8-21)19(31)23-12(6-7-14(27)28)18(30)25-16(10(3)4)20(32)33/h9-12,15-16H,6-8,21H2,1-5H3,(H,22,26)(H,23,31)(H,24,29)(H,25,30)(H,27,28)(H,32,33)/t11-,12-,15-,16-/m0/s1. The number of nitrogens with one attached hydrogen (secondary N) is 4. The highest BCUT2D eigenvalue weighted by atomic mass is 16.4. The van der Waals surface area contributed by atoms with Gasteiger partial charge in [-0.15, -0.1) is 0 Å². The molecule has 0 spiro atoms. The van der Waals surface area contributed by atoms with Crippen LogP contribution in [0.2, 0.25) is 0 Å². The van der Waals surface area contributed by atoms with Crippen molar-refractivity contribution < 1.29 is 39.0 Å². The highest BCUT2D eigenvalue weighted by Crippen LogP contribution is 2.08. The molecule has 0 heterocycles. The lowest BCUT2D eigenvalue weighted by Gasteiger charge is -2.27. The average molecular weight is 474 g/mol. The van der Waals surface area contributed by atoms with Crippen LogP contribution in [0.15, 0.2) is 0 Å². The van der Waals surface area contributed by atoms with E-state index in [1.165, 1.54) is 6.92 Å². The second kappa shape index (κ2) is 14.0. The molecule has 0 aliphatic heterocycles. The molecule has 0 fully saturated rings. The van der Waals surface area contributed by atoms with E-state index in [2.05, 4.69) is 21.3 Å². The molecule has 0 aromatic rings. The van der Waals surface area contributed by atoms with Gasteiger partial charge in [0.25, 0.3) is 0 Å². The predicted molar refractivity (Wildman–Crippen MR) is 117 cm³/mol. The van der Waals surface area contributed by atoms with Crippen LogP contribution in [0.4, 0.5) is 0 Å². The van der Waals surface area contributed by atoms with Crippen molar-refractivity contribution in [3.8, 4) is 0 Å². The molecule has 188 valence electrons. The topological polar surface area (TPSA) is 217 Å². The summed E-state index contributed by atoms with van der Waals surface area (Å²) in [5, 5.41) is 27.8. The molecule has 0 saturated carbocycles. The Bertz CT molecular complexity index is 740. The van der Waals surface area contributed by atoms with Crippen LogP contribution in [0.5, 0.6) is 0 Å². The zero-order valence-corrected chi connectivity index (χ0v) is 19.5. The number of carboxylic acids is 2. The maximum atomic E-state index is 12.9. The summed E-state index contributed by atoms with van der Waals surface area (Å²) in [6.45, 7) is 7.52. The van der Waals surface area contributed by atoms with E-state index in [-0.39, 0.29) is 13.0 Å². The Hall–Kier alpha value is -3.22. The van der Waals surface area contributed by atoms with Crippen molar-refractivity contribution >= 4 is 35.6 Å². The first-order chi connectivity index (χ1) is 15.2. The van der Waals surface area contributed by atoms with Gasteiger partial charge in [-0.25, -0.2) is 4.79 Å². The third kappa shape index (κ3) is 10.8. The number of hydrogen-bond acceptors (Lipinski definition) is 7. The van der Waals surface area contributed by atoms with Crippen LogP contribution in [0.3, 0.4) is 0 Å². The number of nitrogens with two attached hydrogens (primary N) is 1. The van der Waals surface area contributed by atoms with E-state index in [0.717, 1.165) is 0 Å². The van der Waals surface area contributed by atoms with Crippen molar-refractivity contribution in [2.45, 2.75) is 71.6 Å². The highest BCUT2D eigenvalue weighted by molar-refractivity contribution is 5.95. The maximum absolute atomic E-state index is 12.9. The lowest BCUT2D eigenvalue weighted by molar-refractivity contribution is -0.144. The first-order valence-electron chi connectivity index (χ1n) is 10.6. The van der Waals surface area contributed by atoms with Gasteiger partial charge >= 0.3 is 11.9 Å². The number of carbonyl (C=O) groups excluding carboxylic acids is 4. The fourth-order valence-corrected chi connectivity index (χ4v) is 2.74. The van der Waals surface area contributed by atoms with Crippen LogP contribution in [-0.4, -0.2) is 76.5 Å². The Labute approximate surface area is 192 Å². The molecule has 0 rings (SSSR count). The van der Waals surface area contributed by atoms with E-state index >= 15 is 0 Å². The normalized spacial score (nSPS) is 14.5. The molecule has 0 unspecified atom stereocenters. The van der Waals surface area contributed by atoms with Crippen LogP contribution < -0.4 is 27.0 Å². The summed E-state index contributed by atoms with van der Waals surface area (Å²) in [6, 6.07) is -4.69. The lowest BCUT2D eigenvalue weighted by Crippen LogP contribution is -2.59. The van der Waals surface area contributed by atoms with Gasteiger partial charge in [-0.1, -0.05) is 27.7 Å². The average Bonchev–Trinajstić information content (AvgIpc) is 2.71. The number of aliphatic carboxylic acids is 2. The smallest absolute Gasteiger partial charge is 0.326 e. The number of carboxylic acid groups (broad SMARTS) is 2. The van der Waals surface area contributed by atoms with Crippen molar-refractivity contribution in [3.63, 3.8) is 0 Å². The Kier molecular flexibility index (Phi) is 12.7. The van der Waals surface area contributed by atoms with Gasteiger partial charge in [0.05, 0.1) is 6.54 Å². The van der Waals surface area contributed by atoms with Crippen LogP contribution in [-0.2, 0) is 28.8 Å². The van der Waals surface area contributed by atoms with E-state index in [0.29, 0.717) is 0 Å². The minimum atomic E-state index is -1.35. The van der Waals surface area contributed by atoms with E-state index in [9.17, 15) is 33.9 Å². The molecule has 13 heteroatoms. The molecule has 0 aliphatic carbocycles. The number of amides is 4. The Morgan fingerprint density at radius 3 is 1.67 bits per heavy atom. The summed E-state index contributed by atoms with van der Waals surface area (Å²) in [7, 11) is 0. The fourth-order valence-electron chi connectivity index (χ4n) is 2.74. The second-order valence-corrected chi connectivity index (χ2v) is 8.29. The number of hydrogen-bond donors (Lipinski definition) is 7. The molecule has 13 nitrogen and oxygen atoms in total. The van der Waals surface area contributed by atoms with Gasteiger partial charge in [0, 0.05) is 6.42 Å². The summed E-state index contributed by atoms with van der Waals surface area (Å²) in [5.41, 5.74) is 5.20. The molecule has 0 saturated heterocycles. The Morgan fingerprint density at radius 2 is 1.24 bits per heavy atom. The van der Waals surface area contributed by atoms with E-state index in [4.69, 9.17) is 10.8 Å². The summed E-state index contributed by atoms with van der Waals surface area (Å²) >= 11 is 0. The molecular weight excluding hydrogens is 438 g/mol. The van der Waals surface area contributed by atoms with E-state index < -0.39 is 78.0 Å². The molecular formula is C20H35N5O8. The summed E-state index contributed by atoms with van der Waals surface area (Å²) in [6.07, 6.45) is -0.752. The molecule has 4 atom stereocenters. The lowest BCUT2D eigenvalue weighted by atomic mass is 10.0. The zero-order valence-electron chi connectivity index (χ0n) is 19.5. The maximum Gasteiger partial charge on any atom is 0.326 e. The van der Waals surface area contributed by atoms with Crippen molar-refractivity contribution in [1.82, 2.24) is 21.3 Å². The highest BCUT2D eigenvalue weighted by Gasteiger charge is 2.32. The quantitative estimate of drug-likeness (QED) is 0.151. The molecule has 0 aliphatic rings. The molecule has 0 bridgehead atoms. The van der Waals surface area contributed by atoms with Gasteiger partial charge in [-0.3, -0.25) is 24.0 Å². The molecule has 0 radical (unpaired) electrons. The van der Waals surface area contributed by atoms with Crippen molar-refractivity contribution in [3.05, 3.63) is 0 Å². The largest absolute Gasteiger partial charge is 0.481 e. The van der Waals surface area contributed by atoms with Crippen LogP contribution in [0.25, 0.3) is 0 Å². The third-order valence-corrected chi connectivity index (χ3v) is 4.71.